The number of aromatic nitrogens is 1. The van der Waals surface area contributed by atoms with Crippen molar-refractivity contribution in [2.75, 3.05) is 24.5 Å². The van der Waals surface area contributed by atoms with E-state index in [1.165, 1.54) is 18.2 Å². The van der Waals surface area contributed by atoms with Gasteiger partial charge < -0.3 is 15.0 Å². The average Bonchev–Trinajstić information content (AvgIpc) is 2.74. The SMILES string of the molecule is CC(C)CCNC(=O)c1ccc(N2CCC3(CC2)CC(=O)c2ccc(F)cc2O3)nc1. The minimum atomic E-state index is -0.593. The van der Waals surface area contributed by atoms with Crippen molar-refractivity contribution in [1.82, 2.24) is 10.3 Å². The molecule has 2 aliphatic heterocycles. The van der Waals surface area contributed by atoms with Crippen LogP contribution in [0.25, 0.3) is 0 Å². The van der Waals surface area contributed by atoms with Crippen molar-refractivity contribution in [2.45, 2.75) is 45.1 Å². The Hall–Kier alpha value is -2.96. The Morgan fingerprint density at radius 1 is 1.26 bits per heavy atom. The van der Waals surface area contributed by atoms with E-state index in [0.717, 1.165) is 12.2 Å². The van der Waals surface area contributed by atoms with E-state index in [0.29, 0.717) is 61.7 Å². The number of nitrogens with zero attached hydrogens (tertiary/aromatic N) is 2. The summed E-state index contributed by atoms with van der Waals surface area (Å²) in [6.07, 6.45) is 4.14. The van der Waals surface area contributed by atoms with Gasteiger partial charge in [-0.25, -0.2) is 9.37 Å². The lowest BCUT2D eigenvalue weighted by atomic mass is 9.82. The van der Waals surface area contributed by atoms with Crippen LogP contribution in [0.5, 0.6) is 5.75 Å². The molecule has 0 unspecified atom stereocenters. The molecule has 7 heteroatoms. The standard InChI is InChI=1S/C24H28FN3O3/c1-16(2)7-10-26-23(30)17-3-6-22(27-15-17)28-11-8-24(9-12-28)14-20(29)19-5-4-18(25)13-21(19)31-24/h3-6,13,15-16H,7-12,14H2,1-2H3,(H,26,30). The quantitative estimate of drug-likeness (QED) is 0.784. The monoisotopic (exact) mass is 425 g/mol. The molecule has 0 aliphatic carbocycles. The molecule has 1 amide bonds. The first-order valence-corrected chi connectivity index (χ1v) is 10.9. The van der Waals surface area contributed by atoms with Gasteiger partial charge >= 0.3 is 0 Å². The maximum absolute atomic E-state index is 13.6. The Morgan fingerprint density at radius 2 is 2.03 bits per heavy atom. The van der Waals surface area contributed by atoms with E-state index in [-0.39, 0.29) is 11.7 Å². The van der Waals surface area contributed by atoms with Crippen LogP contribution in [-0.4, -0.2) is 41.9 Å². The van der Waals surface area contributed by atoms with Gasteiger partial charge in [0.2, 0.25) is 0 Å². The number of rotatable bonds is 5. The molecule has 1 aromatic carbocycles. The van der Waals surface area contributed by atoms with Gasteiger partial charge in [-0.15, -0.1) is 0 Å². The summed E-state index contributed by atoms with van der Waals surface area (Å²) in [5, 5.41) is 2.92. The van der Waals surface area contributed by atoms with Gasteiger partial charge in [0.1, 0.15) is 23.0 Å². The number of halogens is 1. The number of amides is 1. The fraction of sp³-hybridized carbons (Fsp3) is 0.458. The third-order valence-electron chi connectivity index (χ3n) is 6.07. The van der Waals surface area contributed by atoms with E-state index >= 15 is 0 Å². The van der Waals surface area contributed by atoms with Crippen LogP contribution >= 0.6 is 0 Å². The van der Waals surface area contributed by atoms with E-state index in [4.69, 9.17) is 4.74 Å². The minimum Gasteiger partial charge on any atom is -0.486 e. The number of hydrogen-bond donors (Lipinski definition) is 1. The molecular weight excluding hydrogens is 397 g/mol. The highest BCUT2D eigenvalue weighted by atomic mass is 19.1. The van der Waals surface area contributed by atoms with Gasteiger partial charge in [-0.2, -0.15) is 0 Å². The Labute approximate surface area is 181 Å². The first-order valence-electron chi connectivity index (χ1n) is 10.9. The zero-order valence-corrected chi connectivity index (χ0v) is 18.0. The maximum Gasteiger partial charge on any atom is 0.252 e. The van der Waals surface area contributed by atoms with Crippen LogP contribution < -0.4 is 15.0 Å². The number of ketones is 1. The molecule has 31 heavy (non-hydrogen) atoms. The van der Waals surface area contributed by atoms with Crippen LogP contribution in [0, 0.1) is 11.7 Å². The first-order chi connectivity index (χ1) is 14.8. The molecule has 0 radical (unpaired) electrons. The Morgan fingerprint density at radius 3 is 2.71 bits per heavy atom. The van der Waals surface area contributed by atoms with Gasteiger partial charge in [0.15, 0.2) is 5.78 Å². The summed E-state index contributed by atoms with van der Waals surface area (Å²) in [5.74, 6) is 1.16. The van der Waals surface area contributed by atoms with Crippen molar-refractivity contribution >= 4 is 17.5 Å². The summed E-state index contributed by atoms with van der Waals surface area (Å²) < 4.78 is 19.8. The number of hydrogen-bond acceptors (Lipinski definition) is 5. The summed E-state index contributed by atoms with van der Waals surface area (Å²) >= 11 is 0. The van der Waals surface area contributed by atoms with Crippen LogP contribution in [0.1, 0.15) is 60.2 Å². The molecule has 1 fully saturated rings. The Balaban J connectivity index is 1.37. The number of fused-ring (bicyclic) bond motifs is 1. The summed E-state index contributed by atoms with van der Waals surface area (Å²) in [4.78, 5) is 31.4. The lowest BCUT2D eigenvalue weighted by Crippen LogP contribution is -2.51. The normalized spacial score (nSPS) is 17.4. The van der Waals surface area contributed by atoms with Crippen molar-refractivity contribution in [3.8, 4) is 5.75 Å². The topological polar surface area (TPSA) is 71.5 Å². The predicted molar refractivity (Wildman–Crippen MR) is 116 cm³/mol. The second-order valence-electron chi connectivity index (χ2n) is 8.86. The molecule has 164 valence electrons. The smallest absolute Gasteiger partial charge is 0.252 e. The average molecular weight is 426 g/mol. The lowest BCUT2D eigenvalue weighted by molar-refractivity contribution is 0.0228. The Kier molecular flexibility index (Phi) is 5.94. The molecule has 4 rings (SSSR count). The van der Waals surface area contributed by atoms with Gasteiger partial charge in [-0.3, -0.25) is 9.59 Å². The molecule has 2 aromatic rings. The molecule has 0 bridgehead atoms. The predicted octanol–water partition coefficient (Wildman–Crippen LogP) is 4.00. The van der Waals surface area contributed by atoms with Crippen LogP contribution in [-0.2, 0) is 0 Å². The summed E-state index contributed by atoms with van der Waals surface area (Å²) in [6, 6.07) is 7.73. The number of pyridine rings is 1. The fourth-order valence-electron chi connectivity index (χ4n) is 4.17. The van der Waals surface area contributed by atoms with E-state index in [9.17, 15) is 14.0 Å². The van der Waals surface area contributed by atoms with Gasteiger partial charge in [0.25, 0.3) is 5.91 Å². The number of carbonyl (C=O) groups excluding carboxylic acids is 2. The Bertz CT molecular complexity index is 967. The van der Waals surface area contributed by atoms with E-state index in [1.807, 2.05) is 6.07 Å². The number of ether oxygens (including phenoxy) is 1. The molecule has 1 spiro atoms. The molecule has 0 atom stereocenters. The zero-order chi connectivity index (χ0) is 22.0. The summed E-state index contributed by atoms with van der Waals surface area (Å²) in [5.41, 5.74) is 0.407. The van der Waals surface area contributed by atoms with Gasteiger partial charge in [-0.05, 0) is 36.6 Å². The van der Waals surface area contributed by atoms with Crippen LogP contribution in [0.15, 0.2) is 36.5 Å². The molecule has 6 nitrogen and oxygen atoms in total. The number of nitrogens with one attached hydrogen (secondary N) is 1. The number of anilines is 1. The maximum atomic E-state index is 13.6. The zero-order valence-electron chi connectivity index (χ0n) is 18.0. The molecule has 1 aromatic heterocycles. The minimum absolute atomic E-state index is 0.000608. The van der Waals surface area contributed by atoms with E-state index < -0.39 is 11.4 Å². The number of Topliss-reactive ketones (excluding diaryl/α,β-unsaturated/α-hetero) is 1. The molecule has 1 N–H and O–H groups in total. The third-order valence-corrected chi connectivity index (χ3v) is 6.07. The van der Waals surface area contributed by atoms with Gasteiger partial charge in [0.05, 0.1) is 17.5 Å². The van der Waals surface area contributed by atoms with Crippen molar-refractivity contribution in [2.24, 2.45) is 5.92 Å². The molecular formula is C24H28FN3O3. The molecule has 3 heterocycles. The second-order valence-corrected chi connectivity index (χ2v) is 8.86. The lowest BCUT2D eigenvalue weighted by Gasteiger charge is -2.44. The van der Waals surface area contributed by atoms with Crippen molar-refractivity contribution in [1.29, 1.82) is 0 Å². The molecule has 0 saturated carbocycles. The number of piperidine rings is 1. The summed E-state index contributed by atoms with van der Waals surface area (Å²) in [7, 11) is 0. The van der Waals surface area contributed by atoms with Crippen LogP contribution in [0.3, 0.4) is 0 Å². The first kappa shape index (κ1) is 21.3. The highest BCUT2D eigenvalue weighted by Gasteiger charge is 2.43. The molecule has 2 aliphatic rings. The van der Waals surface area contributed by atoms with Crippen LogP contribution in [0.2, 0.25) is 0 Å². The van der Waals surface area contributed by atoms with Crippen molar-refractivity contribution in [3.05, 3.63) is 53.5 Å². The summed E-state index contributed by atoms with van der Waals surface area (Å²) in [6.45, 7) is 6.24. The van der Waals surface area contributed by atoms with E-state index in [2.05, 4.69) is 29.0 Å². The number of carbonyl (C=O) groups is 2. The number of benzene rings is 1. The van der Waals surface area contributed by atoms with Crippen LogP contribution in [0.4, 0.5) is 10.2 Å². The van der Waals surface area contributed by atoms with Crippen molar-refractivity contribution < 1.29 is 18.7 Å². The van der Waals surface area contributed by atoms with Gasteiger partial charge in [-0.1, -0.05) is 13.8 Å². The largest absolute Gasteiger partial charge is 0.486 e. The fourth-order valence-corrected chi connectivity index (χ4v) is 4.17. The highest BCUT2D eigenvalue weighted by molar-refractivity contribution is 6.00. The van der Waals surface area contributed by atoms with Gasteiger partial charge in [0, 0.05) is 44.7 Å². The van der Waals surface area contributed by atoms with Crippen molar-refractivity contribution in [3.63, 3.8) is 0 Å². The van der Waals surface area contributed by atoms with E-state index in [1.54, 1.807) is 12.3 Å². The third kappa shape index (κ3) is 4.70. The highest BCUT2D eigenvalue weighted by Crippen LogP contribution is 2.40. The molecule has 1 saturated heterocycles. The second kappa shape index (κ2) is 8.65.